The van der Waals surface area contributed by atoms with Gasteiger partial charge in [0.1, 0.15) is 0 Å². The zero-order chi connectivity index (χ0) is 12.8. The van der Waals surface area contributed by atoms with Gasteiger partial charge < -0.3 is 15.7 Å². The van der Waals surface area contributed by atoms with Crippen molar-refractivity contribution in [3.63, 3.8) is 0 Å². The summed E-state index contributed by atoms with van der Waals surface area (Å²) in [5, 5.41) is 8.94. The van der Waals surface area contributed by atoms with Crippen LogP contribution < -0.4 is 10.6 Å². The van der Waals surface area contributed by atoms with Gasteiger partial charge in [-0.2, -0.15) is 0 Å². The molecule has 0 saturated heterocycles. The van der Waals surface area contributed by atoms with Crippen molar-refractivity contribution in [3.05, 3.63) is 29.3 Å². The number of hydrogen-bond donors (Lipinski definition) is 2. The second-order valence-electron chi connectivity index (χ2n) is 4.68. The third-order valence-corrected chi connectivity index (χ3v) is 3.06. The molecular weight excluding hydrogens is 212 g/mol. The molecule has 0 saturated carbocycles. The standard InChI is InChI=1S/C14H24N2O/c1-11(2)16(7-4-8-17)14-6-5-13(10-15)12(3)9-14/h5-6,9,11,17H,4,7-8,10,15H2,1-3H3. The lowest BCUT2D eigenvalue weighted by Crippen LogP contribution is -2.32. The summed E-state index contributed by atoms with van der Waals surface area (Å²) in [5.41, 5.74) is 9.31. The summed E-state index contributed by atoms with van der Waals surface area (Å²) < 4.78 is 0. The highest BCUT2D eigenvalue weighted by atomic mass is 16.3. The fourth-order valence-electron chi connectivity index (χ4n) is 2.01. The van der Waals surface area contributed by atoms with E-state index in [9.17, 15) is 0 Å². The Hall–Kier alpha value is -1.06. The number of anilines is 1. The van der Waals surface area contributed by atoms with Gasteiger partial charge in [-0.3, -0.25) is 0 Å². The molecule has 0 aromatic heterocycles. The molecule has 17 heavy (non-hydrogen) atoms. The van der Waals surface area contributed by atoms with E-state index in [2.05, 4.69) is 43.9 Å². The monoisotopic (exact) mass is 236 g/mol. The van der Waals surface area contributed by atoms with E-state index in [1.54, 1.807) is 0 Å². The van der Waals surface area contributed by atoms with Gasteiger partial charge in [0.15, 0.2) is 0 Å². The molecule has 0 aliphatic carbocycles. The van der Waals surface area contributed by atoms with Crippen LogP contribution in [-0.4, -0.2) is 24.3 Å². The second-order valence-corrected chi connectivity index (χ2v) is 4.68. The predicted octanol–water partition coefficient (Wildman–Crippen LogP) is 2.05. The summed E-state index contributed by atoms with van der Waals surface area (Å²) in [5.74, 6) is 0. The van der Waals surface area contributed by atoms with E-state index in [0.717, 1.165) is 13.0 Å². The van der Waals surface area contributed by atoms with E-state index in [1.807, 2.05) is 0 Å². The average molecular weight is 236 g/mol. The van der Waals surface area contributed by atoms with Gasteiger partial charge in [-0.15, -0.1) is 0 Å². The quantitative estimate of drug-likeness (QED) is 0.795. The molecule has 0 aliphatic rings. The van der Waals surface area contributed by atoms with Crippen molar-refractivity contribution >= 4 is 5.69 Å². The van der Waals surface area contributed by atoms with E-state index in [0.29, 0.717) is 12.6 Å². The molecular formula is C14H24N2O. The average Bonchev–Trinajstić information content (AvgIpc) is 2.29. The van der Waals surface area contributed by atoms with Gasteiger partial charge in [0, 0.05) is 31.4 Å². The summed E-state index contributed by atoms with van der Waals surface area (Å²) >= 11 is 0. The zero-order valence-corrected chi connectivity index (χ0v) is 11.1. The Labute approximate surface area is 104 Å². The lowest BCUT2D eigenvalue weighted by Gasteiger charge is -2.29. The topological polar surface area (TPSA) is 49.5 Å². The Morgan fingerprint density at radius 1 is 1.35 bits per heavy atom. The number of aliphatic hydroxyl groups is 1. The van der Waals surface area contributed by atoms with E-state index < -0.39 is 0 Å². The lowest BCUT2D eigenvalue weighted by molar-refractivity contribution is 0.288. The van der Waals surface area contributed by atoms with E-state index in [-0.39, 0.29) is 6.61 Å². The Morgan fingerprint density at radius 2 is 2.06 bits per heavy atom. The van der Waals surface area contributed by atoms with Crippen LogP contribution in [0.2, 0.25) is 0 Å². The van der Waals surface area contributed by atoms with Crippen LogP contribution in [0.5, 0.6) is 0 Å². The maximum atomic E-state index is 8.94. The van der Waals surface area contributed by atoms with Crippen molar-refractivity contribution < 1.29 is 5.11 Å². The maximum Gasteiger partial charge on any atom is 0.0447 e. The van der Waals surface area contributed by atoms with Crippen molar-refractivity contribution in [2.24, 2.45) is 5.73 Å². The number of aryl methyl sites for hydroxylation is 1. The molecule has 0 unspecified atom stereocenters. The zero-order valence-electron chi connectivity index (χ0n) is 11.1. The Balaban J connectivity index is 2.90. The molecule has 0 amide bonds. The molecule has 3 nitrogen and oxygen atoms in total. The summed E-state index contributed by atoms with van der Waals surface area (Å²) in [4.78, 5) is 2.31. The fourth-order valence-corrected chi connectivity index (χ4v) is 2.01. The summed E-state index contributed by atoms with van der Waals surface area (Å²) in [6.07, 6.45) is 0.801. The van der Waals surface area contributed by atoms with E-state index >= 15 is 0 Å². The molecule has 0 spiro atoms. The van der Waals surface area contributed by atoms with Crippen LogP contribution >= 0.6 is 0 Å². The summed E-state index contributed by atoms with van der Waals surface area (Å²) in [7, 11) is 0. The van der Waals surface area contributed by atoms with Gasteiger partial charge in [-0.05, 0) is 50.5 Å². The third-order valence-electron chi connectivity index (χ3n) is 3.06. The van der Waals surface area contributed by atoms with Crippen molar-refractivity contribution in [2.75, 3.05) is 18.1 Å². The largest absolute Gasteiger partial charge is 0.396 e. The van der Waals surface area contributed by atoms with Crippen LogP contribution in [-0.2, 0) is 6.54 Å². The minimum Gasteiger partial charge on any atom is -0.396 e. The first-order valence-electron chi connectivity index (χ1n) is 6.27. The molecule has 0 heterocycles. The first kappa shape index (κ1) is 14.0. The number of hydrogen-bond acceptors (Lipinski definition) is 3. The summed E-state index contributed by atoms with van der Waals surface area (Å²) in [6.45, 7) is 8.15. The van der Waals surface area contributed by atoms with Crippen molar-refractivity contribution in [1.82, 2.24) is 0 Å². The lowest BCUT2D eigenvalue weighted by atomic mass is 10.1. The number of aliphatic hydroxyl groups excluding tert-OH is 1. The summed E-state index contributed by atoms with van der Waals surface area (Å²) in [6, 6.07) is 6.83. The van der Waals surface area contributed by atoms with Gasteiger partial charge in [0.2, 0.25) is 0 Å². The molecule has 0 radical (unpaired) electrons. The SMILES string of the molecule is Cc1cc(N(CCCO)C(C)C)ccc1CN. The van der Waals surface area contributed by atoms with Gasteiger partial charge in [0.25, 0.3) is 0 Å². The second kappa shape index (κ2) is 6.62. The van der Waals surface area contributed by atoms with Gasteiger partial charge in [0.05, 0.1) is 0 Å². The van der Waals surface area contributed by atoms with E-state index in [1.165, 1.54) is 16.8 Å². The molecule has 1 aromatic rings. The molecule has 96 valence electrons. The molecule has 0 atom stereocenters. The molecule has 1 aromatic carbocycles. The molecule has 0 bridgehead atoms. The minimum atomic E-state index is 0.239. The Bertz CT molecular complexity index is 350. The van der Waals surface area contributed by atoms with Gasteiger partial charge in [-0.1, -0.05) is 6.07 Å². The van der Waals surface area contributed by atoms with Crippen LogP contribution in [0, 0.1) is 6.92 Å². The number of nitrogens with zero attached hydrogens (tertiary/aromatic N) is 1. The van der Waals surface area contributed by atoms with Gasteiger partial charge >= 0.3 is 0 Å². The third kappa shape index (κ3) is 3.72. The highest BCUT2D eigenvalue weighted by molar-refractivity contribution is 5.51. The van der Waals surface area contributed by atoms with Crippen LogP contribution in [0.3, 0.4) is 0 Å². The van der Waals surface area contributed by atoms with Crippen LogP contribution in [0.25, 0.3) is 0 Å². The number of rotatable bonds is 6. The number of benzene rings is 1. The predicted molar refractivity (Wildman–Crippen MR) is 73.3 cm³/mol. The normalized spacial score (nSPS) is 10.9. The van der Waals surface area contributed by atoms with Crippen LogP contribution in [0.15, 0.2) is 18.2 Å². The van der Waals surface area contributed by atoms with Crippen molar-refractivity contribution in [2.45, 2.75) is 39.8 Å². The van der Waals surface area contributed by atoms with E-state index in [4.69, 9.17) is 10.8 Å². The molecule has 1 rings (SSSR count). The highest BCUT2D eigenvalue weighted by Crippen LogP contribution is 2.21. The first-order valence-corrected chi connectivity index (χ1v) is 6.27. The molecule has 3 N–H and O–H groups in total. The molecule has 3 heteroatoms. The molecule has 0 fully saturated rings. The Morgan fingerprint density at radius 3 is 2.53 bits per heavy atom. The fraction of sp³-hybridized carbons (Fsp3) is 0.571. The van der Waals surface area contributed by atoms with Crippen LogP contribution in [0.1, 0.15) is 31.4 Å². The van der Waals surface area contributed by atoms with Crippen LogP contribution in [0.4, 0.5) is 5.69 Å². The van der Waals surface area contributed by atoms with Gasteiger partial charge in [-0.25, -0.2) is 0 Å². The smallest absolute Gasteiger partial charge is 0.0447 e. The first-order chi connectivity index (χ1) is 8.10. The maximum absolute atomic E-state index is 8.94. The molecule has 0 aliphatic heterocycles. The highest BCUT2D eigenvalue weighted by Gasteiger charge is 2.10. The van der Waals surface area contributed by atoms with Crippen molar-refractivity contribution in [1.29, 1.82) is 0 Å². The minimum absolute atomic E-state index is 0.239. The Kier molecular flexibility index (Phi) is 5.45. The van der Waals surface area contributed by atoms with Crippen molar-refractivity contribution in [3.8, 4) is 0 Å². The number of nitrogens with two attached hydrogens (primary N) is 1.